The second kappa shape index (κ2) is 11.1. The summed E-state index contributed by atoms with van der Waals surface area (Å²) < 4.78 is 18.2. The molecule has 0 aliphatic heterocycles. The van der Waals surface area contributed by atoms with Gasteiger partial charge in [0.15, 0.2) is 11.5 Å². The van der Waals surface area contributed by atoms with Crippen molar-refractivity contribution in [2.75, 3.05) is 38.5 Å². The summed E-state index contributed by atoms with van der Waals surface area (Å²) in [4.78, 5) is 9.80. The van der Waals surface area contributed by atoms with Gasteiger partial charge in [-0.25, -0.2) is 9.67 Å². The number of aromatic nitrogens is 4. The van der Waals surface area contributed by atoms with Gasteiger partial charge in [-0.2, -0.15) is 10.1 Å². The van der Waals surface area contributed by atoms with Gasteiger partial charge in [-0.15, -0.1) is 0 Å². The van der Waals surface area contributed by atoms with E-state index in [1.54, 1.807) is 14.2 Å². The first-order valence-electron chi connectivity index (χ1n) is 12.4. The topological polar surface area (TPSA) is 109 Å². The van der Waals surface area contributed by atoms with Gasteiger partial charge in [0.1, 0.15) is 12.4 Å². The highest BCUT2D eigenvalue weighted by atomic mass is 16.5. The smallest absolute Gasteiger partial charge is 0.229 e. The van der Waals surface area contributed by atoms with Crippen molar-refractivity contribution >= 4 is 28.5 Å². The third-order valence-corrected chi connectivity index (χ3v) is 6.48. The molecule has 37 heavy (non-hydrogen) atoms. The van der Waals surface area contributed by atoms with E-state index in [1.165, 1.54) is 0 Å². The molecule has 4 rings (SSSR count). The zero-order chi connectivity index (χ0) is 26.6. The van der Waals surface area contributed by atoms with Crippen LogP contribution in [-0.4, -0.2) is 52.8 Å². The second-order valence-corrected chi connectivity index (χ2v) is 9.67. The van der Waals surface area contributed by atoms with Crippen molar-refractivity contribution < 1.29 is 14.2 Å². The summed E-state index contributed by atoms with van der Waals surface area (Å²) >= 11 is 0. The molecule has 0 radical (unpaired) electrons. The Bertz CT molecular complexity index is 1340. The molecule has 0 bridgehead atoms. The Morgan fingerprint density at radius 2 is 1.68 bits per heavy atom. The molecule has 196 valence electrons. The number of benzene rings is 2. The van der Waals surface area contributed by atoms with Crippen LogP contribution >= 0.6 is 0 Å². The number of nitrogens with zero attached hydrogens (tertiary/aromatic N) is 4. The maximum Gasteiger partial charge on any atom is 0.229 e. The van der Waals surface area contributed by atoms with Crippen LogP contribution < -0.4 is 15.8 Å². The van der Waals surface area contributed by atoms with Crippen molar-refractivity contribution in [3.8, 4) is 17.0 Å². The van der Waals surface area contributed by atoms with E-state index in [4.69, 9.17) is 29.9 Å². The fourth-order valence-electron chi connectivity index (χ4n) is 4.16. The molecule has 3 N–H and O–H groups in total. The molecular formula is C28H36N6O3. The molecule has 9 heteroatoms. The van der Waals surface area contributed by atoms with Crippen LogP contribution in [0.2, 0.25) is 0 Å². The molecule has 0 amide bonds. The molecule has 4 aromatic rings. The predicted molar refractivity (Wildman–Crippen MR) is 147 cm³/mol. The molecule has 0 aliphatic rings. The van der Waals surface area contributed by atoms with Gasteiger partial charge in [0.05, 0.1) is 23.3 Å². The normalized spacial score (nSPS) is 11.7. The van der Waals surface area contributed by atoms with Crippen molar-refractivity contribution in [2.24, 2.45) is 0 Å². The maximum absolute atomic E-state index is 6.47. The fourth-order valence-corrected chi connectivity index (χ4v) is 4.16. The molecule has 0 unspecified atom stereocenters. The summed E-state index contributed by atoms with van der Waals surface area (Å²) in [6.45, 7) is 9.88. The van der Waals surface area contributed by atoms with Gasteiger partial charge in [-0.3, -0.25) is 0 Å². The molecule has 0 spiro atoms. The molecule has 9 nitrogen and oxygen atoms in total. The summed E-state index contributed by atoms with van der Waals surface area (Å²) in [5.41, 5.74) is 11.7. The number of nitrogens with one attached hydrogen (secondary N) is 1. The number of ether oxygens (including phenoxy) is 3. The second-order valence-electron chi connectivity index (χ2n) is 9.67. The largest absolute Gasteiger partial charge is 0.491 e. The van der Waals surface area contributed by atoms with Gasteiger partial charge in [-0.1, -0.05) is 18.2 Å². The zero-order valence-electron chi connectivity index (χ0n) is 22.5. The van der Waals surface area contributed by atoms with Crippen LogP contribution in [0.3, 0.4) is 0 Å². The van der Waals surface area contributed by atoms with E-state index >= 15 is 0 Å². The summed E-state index contributed by atoms with van der Waals surface area (Å²) in [5.74, 6) is 1.64. The number of fused-ring (bicyclic) bond motifs is 1. The lowest BCUT2D eigenvalue weighted by Gasteiger charge is -2.22. The van der Waals surface area contributed by atoms with Crippen molar-refractivity contribution in [2.45, 2.75) is 46.3 Å². The molecule has 0 aliphatic carbocycles. The maximum atomic E-state index is 6.47. The third kappa shape index (κ3) is 6.00. The first-order chi connectivity index (χ1) is 17.7. The summed E-state index contributed by atoms with van der Waals surface area (Å²) in [5, 5.41) is 8.75. The minimum absolute atomic E-state index is 0.302. The van der Waals surface area contributed by atoms with Crippen molar-refractivity contribution in [3.63, 3.8) is 0 Å². The first-order valence-corrected chi connectivity index (χ1v) is 12.4. The lowest BCUT2D eigenvalue weighted by molar-refractivity contribution is 0.0116. The molecule has 0 saturated heterocycles. The van der Waals surface area contributed by atoms with Crippen LogP contribution in [0.1, 0.15) is 31.4 Å². The number of rotatable bonds is 11. The Morgan fingerprint density at radius 1 is 0.973 bits per heavy atom. The van der Waals surface area contributed by atoms with E-state index < -0.39 is 0 Å². The Balaban J connectivity index is 1.77. The molecule has 2 aromatic carbocycles. The SMILES string of the molecule is COCCOc1ccc(Nc2nc(-c3c(C)cccc3C)c3c(N)nn(CCC(C)(C)OC)c3n2)cc1. The summed E-state index contributed by atoms with van der Waals surface area (Å²) in [6.07, 6.45) is 0.746. The quantitative estimate of drug-likeness (QED) is 0.266. The van der Waals surface area contributed by atoms with E-state index in [9.17, 15) is 0 Å². The lowest BCUT2D eigenvalue weighted by Crippen LogP contribution is -2.24. The predicted octanol–water partition coefficient (Wildman–Crippen LogP) is 5.28. The monoisotopic (exact) mass is 504 g/mol. The van der Waals surface area contributed by atoms with Gasteiger partial charge in [0, 0.05) is 32.0 Å². The van der Waals surface area contributed by atoms with Crippen LogP contribution in [0.25, 0.3) is 22.3 Å². The number of hydrogen-bond donors (Lipinski definition) is 2. The van der Waals surface area contributed by atoms with Crippen LogP contribution in [0.4, 0.5) is 17.5 Å². The van der Waals surface area contributed by atoms with Gasteiger partial charge >= 0.3 is 0 Å². The Kier molecular flexibility index (Phi) is 7.94. The van der Waals surface area contributed by atoms with Crippen molar-refractivity contribution in [1.29, 1.82) is 0 Å². The molecule has 2 heterocycles. The Labute approximate surface area is 218 Å². The van der Waals surface area contributed by atoms with Gasteiger partial charge < -0.3 is 25.3 Å². The lowest BCUT2D eigenvalue weighted by atomic mass is 9.98. The van der Waals surface area contributed by atoms with Crippen LogP contribution in [-0.2, 0) is 16.0 Å². The standard InChI is InChI=1S/C28H36N6O3/c1-18-8-7-9-19(2)22(18)24-23-25(29)33-34(15-14-28(3,4)36-6)26(23)32-27(31-24)30-20-10-12-21(13-11-20)37-17-16-35-5/h7-13H,14-17H2,1-6H3,(H2,29,33)(H,30,31,32). The Morgan fingerprint density at radius 3 is 2.32 bits per heavy atom. The minimum atomic E-state index is -0.302. The average molecular weight is 505 g/mol. The fraction of sp³-hybridized carbons (Fsp3) is 0.393. The number of hydrogen-bond acceptors (Lipinski definition) is 8. The molecule has 2 aromatic heterocycles. The number of aryl methyl sites for hydroxylation is 3. The number of anilines is 3. The molecule has 0 saturated carbocycles. The number of nitrogens with two attached hydrogens (primary N) is 1. The highest BCUT2D eigenvalue weighted by Crippen LogP contribution is 2.36. The molecule has 0 atom stereocenters. The zero-order valence-corrected chi connectivity index (χ0v) is 22.5. The van der Waals surface area contributed by atoms with E-state index in [1.807, 2.05) is 35.0 Å². The van der Waals surface area contributed by atoms with Crippen LogP contribution in [0.5, 0.6) is 5.75 Å². The first kappa shape index (κ1) is 26.4. The van der Waals surface area contributed by atoms with E-state index in [0.717, 1.165) is 45.6 Å². The van der Waals surface area contributed by atoms with Crippen molar-refractivity contribution in [1.82, 2.24) is 19.7 Å². The highest BCUT2D eigenvalue weighted by Gasteiger charge is 2.23. The Hall–Kier alpha value is -3.69. The number of nitrogen functional groups attached to an aromatic ring is 1. The number of methoxy groups -OCH3 is 2. The summed E-state index contributed by atoms with van der Waals surface area (Å²) in [6, 6.07) is 13.9. The van der Waals surface area contributed by atoms with Crippen LogP contribution in [0.15, 0.2) is 42.5 Å². The van der Waals surface area contributed by atoms with E-state index in [0.29, 0.717) is 37.2 Å². The summed E-state index contributed by atoms with van der Waals surface area (Å²) in [7, 11) is 3.37. The third-order valence-electron chi connectivity index (χ3n) is 6.48. The van der Waals surface area contributed by atoms with Crippen molar-refractivity contribution in [3.05, 3.63) is 53.6 Å². The van der Waals surface area contributed by atoms with Gasteiger partial charge in [0.25, 0.3) is 0 Å². The molecule has 0 fully saturated rings. The highest BCUT2D eigenvalue weighted by molar-refractivity contribution is 6.00. The van der Waals surface area contributed by atoms with Crippen LogP contribution in [0, 0.1) is 13.8 Å². The van der Waals surface area contributed by atoms with E-state index in [-0.39, 0.29) is 5.60 Å². The molecular weight excluding hydrogens is 468 g/mol. The van der Waals surface area contributed by atoms with E-state index in [2.05, 4.69) is 50.2 Å². The minimum Gasteiger partial charge on any atom is -0.491 e. The average Bonchev–Trinajstić information content (AvgIpc) is 3.19. The van der Waals surface area contributed by atoms with Gasteiger partial charge in [-0.05, 0) is 69.5 Å². The van der Waals surface area contributed by atoms with Gasteiger partial charge in [0.2, 0.25) is 5.95 Å².